The van der Waals surface area contributed by atoms with Gasteiger partial charge in [0.25, 0.3) is 5.91 Å². The summed E-state index contributed by atoms with van der Waals surface area (Å²) in [5.74, 6) is -2.51. The van der Waals surface area contributed by atoms with Crippen LogP contribution in [0.3, 0.4) is 0 Å². The van der Waals surface area contributed by atoms with Crippen molar-refractivity contribution in [3.05, 3.63) is 64.2 Å². The molecule has 1 amide bonds. The van der Waals surface area contributed by atoms with Crippen LogP contribution in [0.4, 0.5) is 8.78 Å². The Kier molecular flexibility index (Phi) is 6.14. The van der Waals surface area contributed by atoms with Gasteiger partial charge in [-0.05, 0) is 43.2 Å². The van der Waals surface area contributed by atoms with Crippen LogP contribution in [0.1, 0.15) is 24.1 Å². The third-order valence-corrected chi connectivity index (χ3v) is 4.65. The molecular formula is C20H18ClF2NO4. The maximum absolute atomic E-state index is 13.8. The molecule has 2 aromatic carbocycles. The van der Waals surface area contributed by atoms with Gasteiger partial charge in [0, 0.05) is 16.7 Å². The fourth-order valence-electron chi connectivity index (χ4n) is 2.98. The summed E-state index contributed by atoms with van der Waals surface area (Å²) in [7, 11) is 0. The van der Waals surface area contributed by atoms with Crippen LogP contribution in [0, 0.1) is 17.6 Å². The monoisotopic (exact) mass is 409 g/mol. The molecule has 1 aliphatic heterocycles. The molecule has 0 saturated carbocycles. The van der Waals surface area contributed by atoms with Crippen LogP contribution in [0.25, 0.3) is 0 Å². The van der Waals surface area contributed by atoms with Crippen LogP contribution in [0.5, 0.6) is 5.75 Å². The Hall–Kier alpha value is -2.67. The number of ether oxygens (including phenoxy) is 2. The summed E-state index contributed by atoms with van der Waals surface area (Å²) in [4.78, 5) is 24.2. The van der Waals surface area contributed by atoms with Crippen LogP contribution >= 0.6 is 11.6 Å². The zero-order chi connectivity index (χ0) is 20.3. The number of hydrogen-bond acceptors (Lipinski definition) is 4. The lowest BCUT2D eigenvalue weighted by Crippen LogP contribution is -2.35. The van der Waals surface area contributed by atoms with Crippen molar-refractivity contribution in [1.29, 1.82) is 0 Å². The second-order valence-corrected chi connectivity index (χ2v) is 6.96. The normalized spacial score (nSPS) is 16.5. The molecule has 1 heterocycles. The molecule has 5 nitrogen and oxygen atoms in total. The molecule has 148 valence electrons. The Morgan fingerprint density at radius 3 is 2.82 bits per heavy atom. The van der Waals surface area contributed by atoms with E-state index in [2.05, 4.69) is 5.32 Å². The van der Waals surface area contributed by atoms with Gasteiger partial charge in [-0.2, -0.15) is 0 Å². The molecular weight excluding hydrogens is 392 g/mol. The quantitative estimate of drug-likeness (QED) is 0.766. The smallest absolute Gasteiger partial charge is 0.313 e. The Bertz CT molecular complexity index is 906. The van der Waals surface area contributed by atoms with E-state index in [0.717, 1.165) is 17.7 Å². The van der Waals surface area contributed by atoms with Gasteiger partial charge in [-0.3, -0.25) is 9.59 Å². The van der Waals surface area contributed by atoms with Crippen LogP contribution in [0.2, 0.25) is 5.02 Å². The molecule has 0 fully saturated rings. The SMILES string of the molecule is C[C@@H](NC(=O)COC(=O)[C@H]1COc2ccc(Cl)cc2C1)c1ccc(F)cc1F. The first-order valence-electron chi connectivity index (χ1n) is 8.65. The molecule has 8 heteroatoms. The number of carbonyl (C=O) groups excluding carboxylic acids is 2. The Morgan fingerprint density at radius 1 is 1.29 bits per heavy atom. The molecule has 0 bridgehead atoms. The van der Waals surface area contributed by atoms with Gasteiger partial charge in [-0.1, -0.05) is 17.7 Å². The minimum Gasteiger partial charge on any atom is -0.492 e. The second kappa shape index (κ2) is 8.56. The van der Waals surface area contributed by atoms with Gasteiger partial charge in [-0.25, -0.2) is 8.78 Å². The highest BCUT2D eigenvalue weighted by Gasteiger charge is 2.28. The van der Waals surface area contributed by atoms with Crippen molar-refractivity contribution in [2.75, 3.05) is 13.2 Å². The Morgan fingerprint density at radius 2 is 2.07 bits per heavy atom. The predicted molar refractivity (Wildman–Crippen MR) is 98.0 cm³/mol. The first kappa shape index (κ1) is 20.1. The summed E-state index contributed by atoms with van der Waals surface area (Å²) < 4.78 is 37.3. The van der Waals surface area contributed by atoms with Crippen LogP contribution in [0.15, 0.2) is 36.4 Å². The number of amides is 1. The van der Waals surface area contributed by atoms with E-state index >= 15 is 0 Å². The van der Waals surface area contributed by atoms with E-state index in [-0.39, 0.29) is 12.2 Å². The predicted octanol–water partition coefficient (Wildman–Crippen LogP) is 3.59. The minimum atomic E-state index is -0.763. The zero-order valence-corrected chi connectivity index (χ0v) is 15.8. The number of hydrogen-bond donors (Lipinski definition) is 1. The van der Waals surface area contributed by atoms with Crippen molar-refractivity contribution >= 4 is 23.5 Å². The van der Waals surface area contributed by atoms with E-state index in [4.69, 9.17) is 21.1 Å². The van der Waals surface area contributed by atoms with Crippen LogP contribution in [-0.2, 0) is 20.7 Å². The number of carbonyl (C=O) groups is 2. The highest BCUT2D eigenvalue weighted by atomic mass is 35.5. The largest absolute Gasteiger partial charge is 0.492 e. The summed E-state index contributed by atoms with van der Waals surface area (Å²) in [5, 5.41) is 3.05. The van der Waals surface area contributed by atoms with Crippen LogP contribution < -0.4 is 10.1 Å². The van der Waals surface area contributed by atoms with Gasteiger partial charge in [0.15, 0.2) is 6.61 Å². The molecule has 2 aromatic rings. The molecule has 1 N–H and O–H groups in total. The third-order valence-electron chi connectivity index (χ3n) is 4.41. The van der Waals surface area contributed by atoms with Crippen LogP contribution in [-0.4, -0.2) is 25.1 Å². The van der Waals surface area contributed by atoms with Gasteiger partial charge in [-0.15, -0.1) is 0 Å². The summed E-state index contributed by atoms with van der Waals surface area (Å²) >= 11 is 5.95. The maximum atomic E-state index is 13.8. The van der Waals surface area contributed by atoms with Gasteiger partial charge in [0.2, 0.25) is 0 Å². The molecule has 0 saturated heterocycles. The lowest BCUT2D eigenvalue weighted by molar-refractivity contribution is -0.154. The lowest BCUT2D eigenvalue weighted by atomic mass is 9.97. The molecule has 2 atom stereocenters. The summed E-state index contributed by atoms with van der Waals surface area (Å²) in [6.45, 7) is 1.18. The first-order valence-corrected chi connectivity index (χ1v) is 9.03. The lowest BCUT2D eigenvalue weighted by Gasteiger charge is -2.24. The molecule has 0 aliphatic carbocycles. The molecule has 0 unspecified atom stereocenters. The minimum absolute atomic E-state index is 0.134. The second-order valence-electron chi connectivity index (χ2n) is 6.53. The van der Waals surface area contributed by atoms with Crippen molar-refractivity contribution in [2.45, 2.75) is 19.4 Å². The molecule has 0 aromatic heterocycles. The summed E-state index contributed by atoms with van der Waals surface area (Å²) in [6.07, 6.45) is 0.396. The Labute approximate surface area is 165 Å². The number of nitrogens with one attached hydrogen (secondary N) is 1. The average molecular weight is 410 g/mol. The highest BCUT2D eigenvalue weighted by molar-refractivity contribution is 6.30. The van der Waals surface area contributed by atoms with Crippen molar-refractivity contribution in [2.24, 2.45) is 5.92 Å². The maximum Gasteiger partial charge on any atom is 0.313 e. The highest BCUT2D eigenvalue weighted by Crippen LogP contribution is 2.30. The number of esters is 1. The van der Waals surface area contributed by atoms with Gasteiger partial charge < -0.3 is 14.8 Å². The average Bonchev–Trinajstić information content (AvgIpc) is 2.65. The third kappa shape index (κ3) is 4.78. The topological polar surface area (TPSA) is 64.6 Å². The molecule has 1 aliphatic rings. The molecule has 3 rings (SSSR count). The van der Waals surface area contributed by atoms with E-state index in [1.807, 2.05) is 0 Å². The van der Waals surface area contributed by atoms with E-state index in [1.165, 1.54) is 6.07 Å². The summed E-state index contributed by atoms with van der Waals surface area (Å²) in [6, 6.07) is 7.56. The fraction of sp³-hybridized carbons (Fsp3) is 0.300. The molecule has 0 spiro atoms. The van der Waals surface area contributed by atoms with Gasteiger partial charge in [0.05, 0.1) is 12.0 Å². The van der Waals surface area contributed by atoms with Crippen molar-refractivity contribution in [1.82, 2.24) is 5.32 Å². The number of halogens is 3. The zero-order valence-electron chi connectivity index (χ0n) is 15.0. The molecule has 28 heavy (non-hydrogen) atoms. The van der Waals surface area contributed by atoms with Gasteiger partial charge >= 0.3 is 5.97 Å². The Balaban J connectivity index is 1.51. The van der Waals surface area contributed by atoms with Crippen molar-refractivity contribution in [3.8, 4) is 5.75 Å². The van der Waals surface area contributed by atoms with E-state index in [9.17, 15) is 18.4 Å². The van der Waals surface area contributed by atoms with E-state index < -0.39 is 42.1 Å². The van der Waals surface area contributed by atoms with E-state index in [0.29, 0.717) is 17.2 Å². The number of fused-ring (bicyclic) bond motifs is 1. The number of rotatable bonds is 5. The standard InChI is InChI=1S/C20H18ClF2NO4/c1-11(16-4-3-15(22)8-17(16)23)24-19(25)10-28-20(26)13-6-12-7-14(21)2-5-18(12)27-9-13/h2-5,7-8,11,13H,6,9-10H2,1H3,(H,24,25)/t11-,13-/m1/s1. The van der Waals surface area contributed by atoms with E-state index in [1.54, 1.807) is 25.1 Å². The van der Waals surface area contributed by atoms with Gasteiger partial charge in [0.1, 0.15) is 24.0 Å². The number of benzene rings is 2. The summed E-state index contributed by atoms with van der Waals surface area (Å²) in [5.41, 5.74) is 0.931. The van der Waals surface area contributed by atoms with Crippen molar-refractivity contribution < 1.29 is 27.8 Å². The fourth-order valence-corrected chi connectivity index (χ4v) is 3.18. The first-order chi connectivity index (χ1) is 13.3. The van der Waals surface area contributed by atoms with Crippen molar-refractivity contribution in [3.63, 3.8) is 0 Å². The molecule has 0 radical (unpaired) electrons.